The van der Waals surface area contributed by atoms with E-state index >= 15 is 0 Å². The minimum atomic E-state index is -1.27. The van der Waals surface area contributed by atoms with Crippen LogP contribution in [0.1, 0.15) is 23.0 Å². The van der Waals surface area contributed by atoms with E-state index in [0.717, 1.165) is 21.8 Å². The molecule has 0 saturated carbocycles. The Labute approximate surface area is 173 Å². The molecule has 0 aliphatic heterocycles. The van der Waals surface area contributed by atoms with E-state index in [0.29, 0.717) is 16.3 Å². The molecule has 0 saturated heterocycles. The molecule has 2 aromatic carbocycles. The van der Waals surface area contributed by atoms with E-state index in [4.69, 9.17) is 11.6 Å². The van der Waals surface area contributed by atoms with Crippen LogP contribution in [-0.2, 0) is 0 Å². The molecule has 1 unspecified atom stereocenters. The quantitative estimate of drug-likeness (QED) is 0.427. The van der Waals surface area contributed by atoms with Gasteiger partial charge in [0.2, 0.25) is 0 Å². The number of carboxylic acid groups (broad SMARTS) is 1. The van der Waals surface area contributed by atoms with Gasteiger partial charge in [0.05, 0.1) is 5.69 Å². The Morgan fingerprint density at radius 1 is 1.07 bits per heavy atom. The Hall–Kier alpha value is -3.38. The molecular weight excluding hydrogens is 390 g/mol. The highest BCUT2D eigenvalue weighted by Gasteiger charge is 2.27. The molecule has 1 atom stereocenters. The van der Waals surface area contributed by atoms with E-state index in [1.54, 1.807) is 54.7 Å². The summed E-state index contributed by atoms with van der Waals surface area (Å²) < 4.78 is 0. The van der Waals surface area contributed by atoms with E-state index in [9.17, 15) is 14.7 Å². The Kier molecular flexibility index (Phi) is 6.14. The zero-order valence-electron chi connectivity index (χ0n) is 16.0. The number of hydrogen-bond acceptors (Lipinski definition) is 4. The molecule has 1 heterocycles. The Morgan fingerprint density at radius 2 is 1.79 bits per heavy atom. The maximum absolute atomic E-state index is 12.7. The van der Waals surface area contributed by atoms with Gasteiger partial charge in [-0.2, -0.15) is 0 Å². The third-order valence-electron chi connectivity index (χ3n) is 4.41. The lowest BCUT2D eigenvalue weighted by atomic mass is 10.0. The SMILES string of the molecule is Cc1cc(-c2cc(Cl)cc(NN(C(=O)O)C(C)C(=O)c3ccccc3)c2)ccn1. The van der Waals surface area contributed by atoms with Gasteiger partial charge < -0.3 is 5.11 Å². The zero-order valence-corrected chi connectivity index (χ0v) is 16.7. The minimum absolute atomic E-state index is 0.312. The van der Waals surface area contributed by atoms with Crippen LogP contribution >= 0.6 is 11.6 Å². The number of hydrogen-bond donors (Lipinski definition) is 2. The molecular formula is C22H20ClN3O3. The standard InChI is InChI=1S/C22H20ClN3O3/c1-14-10-17(8-9-24-14)18-11-19(23)13-20(12-18)25-26(22(28)29)15(2)21(27)16-6-4-3-5-7-16/h3-13,15,25H,1-2H3,(H,28,29). The second kappa shape index (κ2) is 8.75. The predicted molar refractivity (Wildman–Crippen MR) is 113 cm³/mol. The van der Waals surface area contributed by atoms with Gasteiger partial charge in [0.25, 0.3) is 0 Å². The van der Waals surface area contributed by atoms with Crippen LogP contribution in [0.25, 0.3) is 11.1 Å². The molecule has 29 heavy (non-hydrogen) atoms. The summed E-state index contributed by atoms with van der Waals surface area (Å²) in [5.41, 5.74) is 6.26. The van der Waals surface area contributed by atoms with Crippen molar-refractivity contribution in [2.24, 2.45) is 0 Å². The van der Waals surface area contributed by atoms with Gasteiger partial charge in [-0.1, -0.05) is 41.9 Å². The fourth-order valence-corrected chi connectivity index (χ4v) is 3.19. The summed E-state index contributed by atoms with van der Waals surface area (Å²) in [4.78, 5) is 28.7. The number of hydrazine groups is 1. The highest BCUT2D eigenvalue weighted by Crippen LogP contribution is 2.28. The molecule has 0 fully saturated rings. The van der Waals surface area contributed by atoms with Crippen LogP contribution in [0.2, 0.25) is 5.02 Å². The molecule has 7 heteroatoms. The number of halogens is 1. The molecule has 6 nitrogen and oxygen atoms in total. The van der Waals surface area contributed by atoms with Crippen molar-refractivity contribution in [3.8, 4) is 11.1 Å². The maximum atomic E-state index is 12.7. The van der Waals surface area contributed by atoms with Crippen molar-refractivity contribution in [1.29, 1.82) is 0 Å². The van der Waals surface area contributed by atoms with Crippen LogP contribution in [0, 0.1) is 6.92 Å². The molecule has 2 N–H and O–H groups in total. The van der Waals surface area contributed by atoms with Crippen molar-refractivity contribution >= 4 is 29.2 Å². The number of amides is 1. The second-order valence-corrected chi connectivity index (χ2v) is 7.02. The van der Waals surface area contributed by atoms with Gasteiger partial charge in [-0.05, 0) is 55.3 Å². The van der Waals surface area contributed by atoms with Crippen LogP contribution in [0.5, 0.6) is 0 Å². The number of benzene rings is 2. The van der Waals surface area contributed by atoms with Crippen molar-refractivity contribution in [1.82, 2.24) is 9.99 Å². The number of ketones is 1. The third kappa shape index (κ3) is 4.92. The van der Waals surface area contributed by atoms with E-state index < -0.39 is 12.1 Å². The molecule has 1 amide bonds. The van der Waals surface area contributed by atoms with E-state index in [1.807, 2.05) is 19.1 Å². The number of pyridine rings is 1. The number of nitrogens with zero attached hydrogens (tertiary/aromatic N) is 2. The summed E-state index contributed by atoms with van der Waals surface area (Å²) in [5, 5.41) is 11.0. The largest absolute Gasteiger partial charge is 0.464 e. The third-order valence-corrected chi connectivity index (χ3v) is 4.63. The van der Waals surface area contributed by atoms with Gasteiger partial charge in [0.1, 0.15) is 6.04 Å². The number of carbonyl (C=O) groups excluding carboxylic acids is 1. The number of anilines is 1. The average Bonchev–Trinajstić information content (AvgIpc) is 2.71. The first-order valence-electron chi connectivity index (χ1n) is 8.97. The number of nitrogens with one attached hydrogen (secondary N) is 1. The van der Waals surface area contributed by atoms with Crippen LogP contribution in [-0.4, -0.2) is 33.0 Å². The Morgan fingerprint density at radius 3 is 2.45 bits per heavy atom. The summed E-state index contributed by atoms with van der Waals surface area (Å²) in [6, 6.07) is 16.5. The van der Waals surface area contributed by atoms with Crippen LogP contribution in [0.15, 0.2) is 66.9 Å². The first-order chi connectivity index (χ1) is 13.8. The molecule has 0 radical (unpaired) electrons. The van der Waals surface area contributed by atoms with Crippen molar-refractivity contribution in [3.05, 3.63) is 83.1 Å². The summed E-state index contributed by atoms with van der Waals surface area (Å²) in [5.74, 6) is -0.312. The van der Waals surface area contributed by atoms with Gasteiger partial charge in [0.15, 0.2) is 5.78 Å². The molecule has 148 valence electrons. The fourth-order valence-electron chi connectivity index (χ4n) is 2.96. The first kappa shape index (κ1) is 20.4. The van der Waals surface area contributed by atoms with Crippen molar-refractivity contribution in [3.63, 3.8) is 0 Å². The van der Waals surface area contributed by atoms with Crippen molar-refractivity contribution in [2.45, 2.75) is 19.9 Å². The lowest BCUT2D eigenvalue weighted by Crippen LogP contribution is -2.46. The molecule has 0 aliphatic carbocycles. The Balaban J connectivity index is 1.89. The highest BCUT2D eigenvalue weighted by atomic mass is 35.5. The summed E-state index contributed by atoms with van der Waals surface area (Å²) in [6.45, 7) is 3.42. The number of rotatable bonds is 6. The monoisotopic (exact) mass is 409 g/mol. The van der Waals surface area contributed by atoms with Crippen molar-refractivity contribution < 1.29 is 14.7 Å². The molecule has 0 spiro atoms. The van der Waals surface area contributed by atoms with Gasteiger partial charge in [-0.3, -0.25) is 15.2 Å². The number of carbonyl (C=O) groups is 2. The summed E-state index contributed by atoms with van der Waals surface area (Å²) in [6.07, 6.45) is 0.422. The molecule has 1 aromatic heterocycles. The van der Waals surface area contributed by atoms with Gasteiger partial charge in [-0.25, -0.2) is 9.80 Å². The second-order valence-electron chi connectivity index (χ2n) is 6.59. The van der Waals surface area contributed by atoms with E-state index in [-0.39, 0.29) is 5.78 Å². The van der Waals surface area contributed by atoms with Gasteiger partial charge >= 0.3 is 6.09 Å². The van der Waals surface area contributed by atoms with Crippen LogP contribution < -0.4 is 5.43 Å². The maximum Gasteiger partial charge on any atom is 0.426 e. The zero-order chi connectivity index (χ0) is 21.0. The molecule has 0 aliphatic rings. The first-order valence-corrected chi connectivity index (χ1v) is 9.34. The van der Waals surface area contributed by atoms with Crippen LogP contribution in [0.3, 0.4) is 0 Å². The average molecular weight is 410 g/mol. The topological polar surface area (TPSA) is 82.5 Å². The minimum Gasteiger partial charge on any atom is -0.464 e. The summed E-state index contributed by atoms with van der Waals surface area (Å²) >= 11 is 6.25. The fraction of sp³-hybridized carbons (Fsp3) is 0.136. The van der Waals surface area contributed by atoms with Crippen LogP contribution in [0.4, 0.5) is 10.5 Å². The predicted octanol–water partition coefficient (Wildman–Crippen LogP) is 5.29. The molecule has 0 bridgehead atoms. The number of aromatic nitrogens is 1. The van der Waals surface area contributed by atoms with Gasteiger partial charge in [-0.15, -0.1) is 0 Å². The van der Waals surface area contributed by atoms with E-state index in [1.165, 1.54) is 6.92 Å². The highest BCUT2D eigenvalue weighted by molar-refractivity contribution is 6.31. The molecule has 3 rings (SSSR count). The number of Topliss-reactive ketones (excluding diaryl/α,β-unsaturated/α-hetero) is 1. The summed E-state index contributed by atoms with van der Waals surface area (Å²) in [7, 11) is 0. The van der Waals surface area contributed by atoms with E-state index in [2.05, 4.69) is 10.4 Å². The molecule has 3 aromatic rings. The lowest BCUT2D eigenvalue weighted by molar-refractivity contribution is 0.0843. The normalized spacial score (nSPS) is 11.6. The van der Waals surface area contributed by atoms with Gasteiger partial charge in [0, 0.05) is 22.5 Å². The van der Waals surface area contributed by atoms with Crippen molar-refractivity contribution in [2.75, 3.05) is 5.43 Å². The Bertz CT molecular complexity index is 1040. The lowest BCUT2D eigenvalue weighted by Gasteiger charge is -2.27. The number of aryl methyl sites for hydroxylation is 1. The smallest absolute Gasteiger partial charge is 0.426 e.